The lowest BCUT2D eigenvalue weighted by Gasteiger charge is -2.28. The molecule has 2 aromatic carbocycles. The maximum Gasteiger partial charge on any atom is 0.406 e. The summed E-state index contributed by atoms with van der Waals surface area (Å²) in [5, 5.41) is 9.02. The van der Waals surface area contributed by atoms with Gasteiger partial charge >= 0.3 is 6.18 Å². The fourth-order valence-corrected chi connectivity index (χ4v) is 4.45. The summed E-state index contributed by atoms with van der Waals surface area (Å²) < 4.78 is 46.8. The number of benzene rings is 2. The molecular formula is C23H24F3N5O2S. The van der Waals surface area contributed by atoms with Gasteiger partial charge in [-0.2, -0.15) is 13.2 Å². The number of nitrogens with zero attached hydrogens (tertiary/aromatic N) is 5. The average molecular weight is 492 g/mol. The number of morpholine rings is 1. The molecule has 0 saturated carbocycles. The maximum atomic E-state index is 13.2. The molecular weight excluding hydrogens is 467 g/mol. The van der Waals surface area contributed by atoms with E-state index in [0.717, 1.165) is 22.3 Å². The number of hydrogen-bond acceptors (Lipinski definition) is 6. The standard InChI is InChI=1S/C23H24F3N5O2S/c24-23(25,26)17-30(15-18-7-3-1-4-8-18)20(32)16-34-22-28-27-21(29-11-13-33-14-12-29)31(22)19-9-5-2-6-10-19/h1-10H,11-17H2. The van der Waals surface area contributed by atoms with Gasteiger partial charge in [-0.25, -0.2) is 0 Å². The molecule has 180 valence electrons. The number of carbonyl (C=O) groups excluding carboxylic acids is 1. The van der Waals surface area contributed by atoms with Gasteiger partial charge in [-0.3, -0.25) is 9.36 Å². The number of ether oxygens (including phenoxy) is 1. The van der Waals surface area contributed by atoms with Crippen molar-refractivity contribution in [1.82, 2.24) is 19.7 Å². The molecule has 1 aliphatic rings. The van der Waals surface area contributed by atoms with E-state index in [0.29, 0.717) is 43.0 Å². The predicted octanol–water partition coefficient (Wildman–Crippen LogP) is 3.79. The summed E-state index contributed by atoms with van der Waals surface area (Å²) in [6, 6.07) is 18.1. The molecule has 1 saturated heterocycles. The molecule has 0 aliphatic carbocycles. The lowest BCUT2D eigenvalue weighted by Crippen LogP contribution is -2.39. The first-order chi connectivity index (χ1) is 16.4. The van der Waals surface area contributed by atoms with Gasteiger partial charge in [-0.1, -0.05) is 60.3 Å². The number of amides is 1. The fraction of sp³-hybridized carbons (Fsp3) is 0.348. The Hall–Kier alpha value is -3.05. The number of thioether (sulfide) groups is 1. The van der Waals surface area contributed by atoms with Gasteiger partial charge in [-0.05, 0) is 17.7 Å². The molecule has 1 aromatic heterocycles. The molecule has 0 unspecified atom stereocenters. The predicted molar refractivity (Wildman–Crippen MR) is 123 cm³/mol. The molecule has 4 rings (SSSR count). The Balaban J connectivity index is 1.54. The van der Waals surface area contributed by atoms with Crippen molar-refractivity contribution in [1.29, 1.82) is 0 Å². The van der Waals surface area contributed by atoms with Crippen molar-refractivity contribution in [3.8, 4) is 5.69 Å². The first kappa shape index (κ1) is 24.1. The van der Waals surface area contributed by atoms with Crippen molar-refractivity contribution in [3.63, 3.8) is 0 Å². The van der Waals surface area contributed by atoms with Crippen LogP contribution in [0.3, 0.4) is 0 Å². The minimum atomic E-state index is -4.50. The minimum absolute atomic E-state index is 0.121. The van der Waals surface area contributed by atoms with Gasteiger partial charge in [0.15, 0.2) is 5.16 Å². The zero-order valence-corrected chi connectivity index (χ0v) is 19.1. The molecule has 0 N–H and O–H groups in total. The summed E-state index contributed by atoms with van der Waals surface area (Å²) in [6.07, 6.45) is -4.50. The number of carbonyl (C=O) groups is 1. The SMILES string of the molecule is O=C(CSc1nnc(N2CCOCC2)n1-c1ccccc1)N(Cc1ccccc1)CC(F)(F)F. The van der Waals surface area contributed by atoms with Crippen LogP contribution < -0.4 is 4.90 Å². The molecule has 34 heavy (non-hydrogen) atoms. The smallest absolute Gasteiger partial charge is 0.378 e. The monoisotopic (exact) mass is 491 g/mol. The summed E-state index contributed by atoms with van der Waals surface area (Å²) in [4.78, 5) is 15.7. The van der Waals surface area contributed by atoms with E-state index in [1.54, 1.807) is 30.3 Å². The maximum absolute atomic E-state index is 13.2. The van der Waals surface area contributed by atoms with Gasteiger partial charge in [0.25, 0.3) is 0 Å². The van der Waals surface area contributed by atoms with Crippen molar-refractivity contribution in [2.24, 2.45) is 0 Å². The Bertz CT molecular complexity index is 1070. The molecule has 0 radical (unpaired) electrons. The van der Waals surface area contributed by atoms with Crippen LogP contribution in [0.1, 0.15) is 5.56 Å². The highest BCUT2D eigenvalue weighted by molar-refractivity contribution is 7.99. The number of alkyl halides is 3. The highest BCUT2D eigenvalue weighted by Gasteiger charge is 2.33. The van der Waals surface area contributed by atoms with E-state index in [4.69, 9.17) is 4.74 Å². The van der Waals surface area contributed by atoms with Gasteiger partial charge in [0.2, 0.25) is 11.9 Å². The van der Waals surface area contributed by atoms with Crippen LogP contribution in [0.4, 0.5) is 19.1 Å². The van der Waals surface area contributed by atoms with Crippen LogP contribution in [0.2, 0.25) is 0 Å². The fourth-order valence-electron chi connectivity index (χ4n) is 3.60. The molecule has 2 heterocycles. The Labute approximate surface area is 199 Å². The Morgan fingerprint density at radius 3 is 2.29 bits per heavy atom. The molecule has 1 aliphatic heterocycles. The van der Waals surface area contributed by atoms with E-state index in [2.05, 4.69) is 10.2 Å². The molecule has 11 heteroatoms. The van der Waals surface area contributed by atoms with Crippen molar-refractivity contribution in [2.75, 3.05) is 43.5 Å². The summed E-state index contributed by atoms with van der Waals surface area (Å²) >= 11 is 1.07. The Kier molecular flexibility index (Phi) is 7.73. The van der Waals surface area contributed by atoms with Crippen molar-refractivity contribution < 1.29 is 22.7 Å². The van der Waals surface area contributed by atoms with Crippen molar-refractivity contribution in [2.45, 2.75) is 17.9 Å². The van der Waals surface area contributed by atoms with Crippen LogP contribution in [0.15, 0.2) is 65.8 Å². The topological polar surface area (TPSA) is 63.5 Å². The van der Waals surface area contributed by atoms with Crippen LogP contribution in [0.5, 0.6) is 0 Å². The van der Waals surface area contributed by atoms with E-state index in [1.807, 2.05) is 39.8 Å². The van der Waals surface area contributed by atoms with Crippen LogP contribution >= 0.6 is 11.8 Å². The average Bonchev–Trinajstić information content (AvgIpc) is 3.27. The third kappa shape index (κ3) is 6.29. The highest BCUT2D eigenvalue weighted by Crippen LogP contribution is 2.28. The van der Waals surface area contributed by atoms with E-state index < -0.39 is 18.6 Å². The van der Waals surface area contributed by atoms with E-state index in [9.17, 15) is 18.0 Å². The summed E-state index contributed by atoms with van der Waals surface area (Å²) in [5.74, 6) is -0.209. The number of hydrogen-bond donors (Lipinski definition) is 0. The molecule has 1 fully saturated rings. The lowest BCUT2D eigenvalue weighted by molar-refractivity contribution is -0.160. The molecule has 0 atom stereocenters. The van der Waals surface area contributed by atoms with Crippen LogP contribution in [-0.2, 0) is 16.1 Å². The molecule has 0 spiro atoms. The third-order valence-electron chi connectivity index (χ3n) is 5.19. The van der Waals surface area contributed by atoms with Gasteiger partial charge < -0.3 is 14.5 Å². The minimum Gasteiger partial charge on any atom is -0.378 e. The number of para-hydroxylation sites is 1. The number of anilines is 1. The number of aromatic nitrogens is 3. The summed E-state index contributed by atoms with van der Waals surface area (Å²) in [6.45, 7) is 0.981. The molecule has 1 amide bonds. The first-order valence-electron chi connectivity index (χ1n) is 10.8. The van der Waals surface area contributed by atoms with Crippen molar-refractivity contribution in [3.05, 3.63) is 66.2 Å². The number of rotatable bonds is 8. The van der Waals surface area contributed by atoms with Crippen LogP contribution in [0.25, 0.3) is 5.69 Å². The third-order valence-corrected chi connectivity index (χ3v) is 6.10. The summed E-state index contributed by atoms with van der Waals surface area (Å²) in [5.41, 5.74) is 1.44. The zero-order valence-electron chi connectivity index (χ0n) is 18.3. The van der Waals surface area contributed by atoms with Crippen LogP contribution in [0, 0.1) is 0 Å². The molecule has 7 nitrogen and oxygen atoms in total. The highest BCUT2D eigenvalue weighted by atomic mass is 32.2. The lowest BCUT2D eigenvalue weighted by atomic mass is 10.2. The van der Waals surface area contributed by atoms with Crippen molar-refractivity contribution >= 4 is 23.6 Å². The zero-order chi connectivity index (χ0) is 24.0. The second-order valence-corrected chi connectivity index (χ2v) is 8.63. The Morgan fingerprint density at radius 2 is 1.65 bits per heavy atom. The molecule has 0 bridgehead atoms. The Morgan fingerprint density at radius 1 is 1.00 bits per heavy atom. The second-order valence-electron chi connectivity index (χ2n) is 7.69. The van der Waals surface area contributed by atoms with Gasteiger partial charge in [-0.15, -0.1) is 10.2 Å². The van der Waals surface area contributed by atoms with Gasteiger partial charge in [0, 0.05) is 19.6 Å². The quantitative estimate of drug-likeness (QED) is 0.447. The first-order valence-corrected chi connectivity index (χ1v) is 11.7. The molecule has 3 aromatic rings. The van der Waals surface area contributed by atoms with E-state index in [-0.39, 0.29) is 12.3 Å². The van der Waals surface area contributed by atoms with E-state index in [1.165, 1.54) is 0 Å². The second kappa shape index (κ2) is 10.9. The van der Waals surface area contributed by atoms with Gasteiger partial charge in [0.05, 0.1) is 24.7 Å². The van der Waals surface area contributed by atoms with Gasteiger partial charge in [0.1, 0.15) is 6.54 Å². The van der Waals surface area contributed by atoms with E-state index >= 15 is 0 Å². The van der Waals surface area contributed by atoms with Crippen LogP contribution in [-0.4, -0.2) is 70.3 Å². The summed E-state index contributed by atoms with van der Waals surface area (Å²) in [7, 11) is 0. The largest absolute Gasteiger partial charge is 0.406 e. The normalized spacial score (nSPS) is 14.3. The number of halogens is 3.